The summed E-state index contributed by atoms with van der Waals surface area (Å²) in [5, 5.41) is 10.7. The van der Waals surface area contributed by atoms with Crippen LogP contribution in [0.5, 0.6) is 0 Å². The molecular formula is C28H34N2O3. The Bertz CT molecular complexity index is 1030. The summed E-state index contributed by atoms with van der Waals surface area (Å²) in [6, 6.07) is 16.3. The summed E-state index contributed by atoms with van der Waals surface area (Å²) in [4.78, 5) is 26.7. The molecule has 0 bridgehead atoms. The second-order valence-electron chi connectivity index (χ2n) is 10.2. The number of carbonyl (C=O) groups excluding carboxylic acids is 1. The maximum Gasteiger partial charge on any atom is 0.314 e. The quantitative estimate of drug-likeness (QED) is 0.678. The molecule has 3 atom stereocenters. The number of rotatable bonds is 4. The lowest BCUT2D eigenvalue weighted by Crippen LogP contribution is -2.53. The van der Waals surface area contributed by atoms with Crippen molar-refractivity contribution in [3.63, 3.8) is 0 Å². The van der Waals surface area contributed by atoms with E-state index >= 15 is 0 Å². The highest BCUT2D eigenvalue weighted by atomic mass is 16.4. The first kappa shape index (κ1) is 22.0. The fraction of sp³-hybridized carbons (Fsp3) is 0.500. The van der Waals surface area contributed by atoms with Crippen LogP contribution in [0.1, 0.15) is 79.0 Å². The van der Waals surface area contributed by atoms with Gasteiger partial charge in [0.15, 0.2) is 0 Å². The van der Waals surface area contributed by atoms with Gasteiger partial charge in [0.1, 0.15) is 0 Å². The van der Waals surface area contributed by atoms with Gasteiger partial charge >= 0.3 is 12.0 Å². The summed E-state index contributed by atoms with van der Waals surface area (Å²) in [6.45, 7) is 0.975. The van der Waals surface area contributed by atoms with Crippen molar-refractivity contribution in [1.82, 2.24) is 4.90 Å². The van der Waals surface area contributed by atoms with Crippen molar-refractivity contribution in [2.75, 3.05) is 13.1 Å². The molecule has 5 rings (SSSR count). The zero-order chi connectivity index (χ0) is 23.0. The molecule has 0 aromatic heterocycles. The maximum absolute atomic E-state index is 13.1. The monoisotopic (exact) mass is 446 g/mol. The molecule has 2 fully saturated rings. The van der Waals surface area contributed by atoms with Crippen LogP contribution in [0.15, 0.2) is 48.5 Å². The number of fused-ring (bicyclic) bond motifs is 1. The summed E-state index contributed by atoms with van der Waals surface area (Å²) in [7, 11) is 0. The molecule has 3 N–H and O–H groups in total. The number of piperidine rings is 1. The number of carboxylic acid groups (broad SMARTS) is 1. The SMILES string of the molecule is NC(=O)N1CCC(C2(C(=O)O)CCc3cc(C4CCCCC4)ccc32)C(c2ccccc2)C1. The van der Waals surface area contributed by atoms with Gasteiger partial charge in [0.2, 0.25) is 0 Å². The molecule has 5 nitrogen and oxygen atoms in total. The molecule has 0 spiro atoms. The average Bonchev–Trinajstić information content (AvgIpc) is 3.24. The van der Waals surface area contributed by atoms with E-state index in [0.717, 1.165) is 17.5 Å². The molecule has 1 aliphatic heterocycles. The van der Waals surface area contributed by atoms with Crippen LogP contribution in [0, 0.1) is 5.92 Å². The van der Waals surface area contributed by atoms with Crippen LogP contribution in [0.3, 0.4) is 0 Å². The van der Waals surface area contributed by atoms with Crippen LogP contribution in [-0.2, 0) is 16.6 Å². The molecule has 3 unspecified atom stereocenters. The molecule has 2 aliphatic carbocycles. The molecule has 5 heteroatoms. The van der Waals surface area contributed by atoms with Crippen molar-refractivity contribution in [2.45, 2.75) is 68.6 Å². The molecule has 1 heterocycles. The van der Waals surface area contributed by atoms with Crippen molar-refractivity contribution in [3.05, 3.63) is 70.8 Å². The van der Waals surface area contributed by atoms with Crippen LogP contribution >= 0.6 is 0 Å². The Kier molecular flexibility index (Phi) is 5.90. The number of hydrogen-bond acceptors (Lipinski definition) is 2. The molecule has 2 amide bonds. The first-order valence-corrected chi connectivity index (χ1v) is 12.5. The van der Waals surface area contributed by atoms with Gasteiger partial charge in [-0.15, -0.1) is 0 Å². The van der Waals surface area contributed by atoms with Crippen LogP contribution in [0.2, 0.25) is 0 Å². The molecule has 1 saturated heterocycles. The highest BCUT2D eigenvalue weighted by Crippen LogP contribution is 2.53. The predicted octanol–water partition coefficient (Wildman–Crippen LogP) is 5.19. The van der Waals surface area contributed by atoms with Gasteiger partial charge in [0.25, 0.3) is 0 Å². The van der Waals surface area contributed by atoms with E-state index < -0.39 is 17.4 Å². The van der Waals surface area contributed by atoms with Crippen molar-refractivity contribution in [2.24, 2.45) is 11.7 Å². The smallest absolute Gasteiger partial charge is 0.314 e. The van der Waals surface area contributed by atoms with Gasteiger partial charge in [-0.25, -0.2) is 4.79 Å². The summed E-state index contributed by atoms with van der Waals surface area (Å²) in [5.74, 6) is -0.271. The second kappa shape index (κ2) is 8.85. The predicted molar refractivity (Wildman–Crippen MR) is 128 cm³/mol. The number of nitrogens with zero attached hydrogens (tertiary/aromatic N) is 1. The van der Waals surface area contributed by atoms with Gasteiger partial charge in [-0.1, -0.05) is 67.8 Å². The molecule has 3 aliphatic rings. The number of carbonyl (C=O) groups is 2. The third-order valence-electron chi connectivity index (χ3n) is 8.64. The van der Waals surface area contributed by atoms with E-state index in [1.165, 1.54) is 43.2 Å². The number of benzene rings is 2. The van der Waals surface area contributed by atoms with Crippen LogP contribution in [0.25, 0.3) is 0 Å². The number of aliphatic carboxylic acids is 1. The lowest BCUT2D eigenvalue weighted by atomic mass is 9.61. The summed E-state index contributed by atoms with van der Waals surface area (Å²) in [6.07, 6.45) is 8.45. The zero-order valence-electron chi connectivity index (χ0n) is 19.2. The number of nitrogens with two attached hydrogens (primary N) is 1. The van der Waals surface area contributed by atoms with E-state index in [0.29, 0.717) is 31.8 Å². The van der Waals surface area contributed by atoms with Gasteiger partial charge in [-0.3, -0.25) is 4.79 Å². The molecular weight excluding hydrogens is 412 g/mol. The zero-order valence-corrected chi connectivity index (χ0v) is 19.2. The Morgan fingerprint density at radius 1 is 0.970 bits per heavy atom. The highest BCUT2D eigenvalue weighted by molar-refractivity contribution is 5.84. The third-order valence-corrected chi connectivity index (χ3v) is 8.64. The maximum atomic E-state index is 13.1. The van der Waals surface area contributed by atoms with E-state index in [9.17, 15) is 14.7 Å². The Hall–Kier alpha value is -2.82. The normalized spacial score (nSPS) is 27.8. The summed E-state index contributed by atoms with van der Waals surface area (Å²) >= 11 is 0. The van der Waals surface area contributed by atoms with E-state index in [2.05, 4.69) is 30.3 Å². The van der Waals surface area contributed by atoms with Crippen molar-refractivity contribution in [3.8, 4) is 0 Å². The molecule has 2 aromatic rings. The van der Waals surface area contributed by atoms with Crippen molar-refractivity contribution >= 4 is 12.0 Å². The number of amides is 2. The van der Waals surface area contributed by atoms with Crippen LogP contribution in [0.4, 0.5) is 4.79 Å². The number of primary amides is 1. The molecule has 0 radical (unpaired) electrons. The number of likely N-dealkylation sites (tertiary alicyclic amines) is 1. The Morgan fingerprint density at radius 3 is 2.42 bits per heavy atom. The van der Waals surface area contributed by atoms with E-state index in [1.54, 1.807) is 4.90 Å². The largest absolute Gasteiger partial charge is 0.481 e. The van der Waals surface area contributed by atoms with Crippen LogP contribution in [-0.4, -0.2) is 35.1 Å². The number of urea groups is 1. The molecule has 1 saturated carbocycles. The highest BCUT2D eigenvalue weighted by Gasteiger charge is 2.55. The minimum atomic E-state index is -0.926. The van der Waals surface area contributed by atoms with E-state index in [1.807, 2.05) is 18.2 Å². The number of aryl methyl sites for hydroxylation is 1. The molecule has 33 heavy (non-hydrogen) atoms. The standard InChI is InChI=1S/C28H34N2O3/c29-27(33)30-16-14-25(23(18-30)20-9-5-2-6-10-20)28(26(31)32)15-13-22-17-21(11-12-24(22)28)19-7-3-1-4-8-19/h2,5-6,9-12,17,19,23,25H,1,3-4,7-8,13-16,18H2,(H2,29,33)(H,31,32). The van der Waals surface area contributed by atoms with Gasteiger partial charge in [0, 0.05) is 19.0 Å². The van der Waals surface area contributed by atoms with E-state index in [4.69, 9.17) is 5.73 Å². The molecule has 174 valence electrons. The van der Waals surface area contributed by atoms with E-state index in [-0.39, 0.29) is 11.8 Å². The molecule has 2 aromatic carbocycles. The first-order valence-electron chi connectivity index (χ1n) is 12.5. The minimum Gasteiger partial charge on any atom is -0.481 e. The number of carboxylic acids is 1. The van der Waals surface area contributed by atoms with Crippen molar-refractivity contribution in [1.29, 1.82) is 0 Å². The Morgan fingerprint density at radius 2 is 1.73 bits per heavy atom. The van der Waals surface area contributed by atoms with Gasteiger partial charge in [0.05, 0.1) is 5.41 Å². The fourth-order valence-corrected chi connectivity index (χ4v) is 6.96. The second-order valence-corrected chi connectivity index (χ2v) is 10.2. The summed E-state index contributed by atoms with van der Waals surface area (Å²) in [5.41, 5.74) is 9.39. The third kappa shape index (κ3) is 3.81. The fourth-order valence-electron chi connectivity index (χ4n) is 6.96. The van der Waals surface area contributed by atoms with Crippen LogP contribution < -0.4 is 5.73 Å². The first-order chi connectivity index (χ1) is 16.0. The average molecular weight is 447 g/mol. The number of hydrogen-bond donors (Lipinski definition) is 2. The van der Waals surface area contributed by atoms with Crippen molar-refractivity contribution < 1.29 is 14.7 Å². The lowest BCUT2D eigenvalue weighted by molar-refractivity contribution is -0.147. The van der Waals surface area contributed by atoms with Gasteiger partial charge in [-0.2, -0.15) is 0 Å². The lowest BCUT2D eigenvalue weighted by Gasteiger charge is -2.45. The Labute approximate surface area is 196 Å². The Balaban J connectivity index is 1.54. The van der Waals surface area contributed by atoms with Gasteiger partial charge < -0.3 is 15.7 Å². The summed E-state index contributed by atoms with van der Waals surface area (Å²) < 4.78 is 0. The minimum absolute atomic E-state index is 0.0625. The van der Waals surface area contributed by atoms with Gasteiger partial charge in [-0.05, 0) is 66.2 Å². The topological polar surface area (TPSA) is 83.6 Å².